The van der Waals surface area contributed by atoms with Gasteiger partial charge >= 0.3 is 0 Å². The van der Waals surface area contributed by atoms with Gasteiger partial charge in [0, 0.05) is 18.3 Å². The van der Waals surface area contributed by atoms with Gasteiger partial charge in [0.1, 0.15) is 11.6 Å². The van der Waals surface area contributed by atoms with Crippen LogP contribution < -0.4 is 0 Å². The molecule has 0 unspecified atom stereocenters. The molecule has 2 atom stereocenters. The van der Waals surface area contributed by atoms with E-state index in [1.807, 2.05) is 0 Å². The molecule has 3 aromatic rings. The average Bonchev–Trinajstić information content (AvgIpc) is 3.22. The first-order chi connectivity index (χ1) is 12.0. The average molecular weight is 343 g/mol. The summed E-state index contributed by atoms with van der Waals surface area (Å²) in [5.41, 5.74) is 1.31. The summed E-state index contributed by atoms with van der Waals surface area (Å²) in [6.45, 7) is 0.0709. The van der Waals surface area contributed by atoms with Crippen LogP contribution in [0.4, 0.5) is 8.78 Å². The van der Waals surface area contributed by atoms with Gasteiger partial charge in [0.05, 0.1) is 35.8 Å². The molecule has 2 aromatic heterocycles. The zero-order chi connectivity index (χ0) is 17.6. The van der Waals surface area contributed by atoms with Crippen LogP contribution in [0.25, 0.3) is 5.52 Å². The fourth-order valence-electron chi connectivity index (χ4n) is 3.32. The maximum absolute atomic E-state index is 14.2. The molecule has 0 bridgehead atoms. The van der Waals surface area contributed by atoms with E-state index in [-0.39, 0.29) is 24.4 Å². The minimum Gasteiger partial charge on any atom is -0.391 e. The van der Waals surface area contributed by atoms with Gasteiger partial charge in [-0.3, -0.25) is 4.79 Å². The molecule has 0 spiro atoms. The van der Waals surface area contributed by atoms with E-state index in [4.69, 9.17) is 0 Å². The van der Waals surface area contributed by atoms with E-state index in [2.05, 4.69) is 4.98 Å². The molecule has 128 valence electrons. The number of benzene rings is 1. The molecule has 3 heterocycles. The molecule has 1 fully saturated rings. The predicted molar refractivity (Wildman–Crippen MR) is 86.0 cm³/mol. The van der Waals surface area contributed by atoms with Gasteiger partial charge < -0.3 is 14.4 Å². The molecule has 1 saturated heterocycles. The van der Waals surface area contributed by atoms with Crippen LogP contribution in [0.15, 0.2) is 49.1 Å². The van der Waals surface area contributed by atoms with Crippen molar-refractivity contribution in [3.05, 3.63) is 71.8 Å². The number of halogens is 2. The number of amides is 1. The maximum Gasteiger partial charge on any atom is 0.255 e. The highest BCUT2D eigenvalue weighted by Crippen LogP contribution is 2.35. The Morgan fingerprint density at radius 1 is 1.24 bits per heavy atom. The SMILES string of the molecule is O=C(c1ccc2cncn2c1)N1C[C@@H](O)C[C@H]1c1cc(F)ccc1F. The third kappa shape index (κ3) is 2.76. The Balaban J connectivity index is 1.71. The minimum atomic E-state index is -0.784. The van der Waals surface area contributed by atoms with E-state index in [0.717, 1.165) is 23.7 Å². The fourth-order valence-corrected chi connectivity index (χ4v) is 3.32. The number of rotatable bonds is 2. The molecule has 7 heteroatoms. The smallest absolute Gasteiger partial charge is 0.255 e. The number of aliphatic hydroxyl groups is 1. The molecule has 25 heavy (non-hydrogen) atoms. The summed E-state index contributed by atoms with van der Waals surface area (Å²) in [4.78, 5) is 18.3. The Labute approximate surface area is 142 Å². The molecule has 1 aromatic carbocycles. The summed E-state index contributed by atoms with van der Waals surface area (Å²) in [5, 5.41) is 10.0. The lowest BCUT2D eigenvalue weighted by atomic mass is 10.0. The Morgan fingerprint density at radius 3 is 2.92 bits per heavy atom. The number of aromatic nitrogens is 2. The van der Waals surface area contributed by atoms with Gasteiger partial charge in [-0.15, -0.1) is 0 Å². The van der Waals surface area contributed by atoms with Crippen LogP contribution >= 0.6 is 0 Å². The zero-order valence-corrected chi connectivity index (χ0v) is 13.1. The number of hydrogen-bond donors (Lipinski definition) is 1. The van der Waals surface area contributed by atoms with Gasteiger partial charge in [-0.25, -0.2) is 13.8 Å². The van der Waals surface area contributed by atoms with Crippen molar-refractivity contribution in [3.63, 3.8) is 0 Å². The van der Waals surface area contributed by atoms with Crippen molar-refractivity contribution in [1.82, 2.24) is 14.3 Å². The topological polar surface area (TPSA) is 57.8 Å². The van der Waals surface area contributed by atoms with Crippen molar-refractivity contribution in [1.29, 1.82) is 0 Å². The van der Waals surface area contributed by atoms with Crippen molar-refractivity contribution in [2.24, 2.45) is 0 Å². The number of carbonyl (C=O) groups is 1. The second kappa shape index (κ2) is 5.93. The molecular formula is C18H15F2N3O2. The largest absolute Gasteiger partial charge is 0.391 e. The van der Waals surface area contributed by atoms with Gasteiger partial charge in [0.15, 0.2) is 0 Å². The van der Waals surface area contributed by atoms with Crippen molar-refractivity contribution in [2.75, 3.05) is 6.54 Å². The number of pyridine rings is 1. The third-order valence-electron chi connectivity index (χ3n) is 4.51. The van der Waals surface area contributed by atoms with E-state index >= 15 is 0 Å². The standard InChI is InChI=1S/C18H15F2N3O2/c19-12-2-4-16(20)15(5-12)17-6-14(24)9-23(17)18(25)11-1-3-13-7-21-10-22(13)8-11/h1-5,7-8,10,14,17,24H,6,9H2/t14-,17-/m0/s1. The van der Waals surface area contributed by atoms with Crippen LogP contribution in [0.2, 0.25) is 0 Å². The lowest BCUT2D eigenvalue weighted by Crippen LogP contribution is -2.32. The summed E-state index contributed by atoms with van der Waals surface area (Å²) in [6.07, 6.45) is 4.26. The molecule has 1 amide bonds. The number of fused-ring (bicyclic) bond motifs is 1. The molecule has 0 aliphatic carbocycles. The summed E-state index contributed by atoms with van der Waals surface area (Å²) in [6, 6.07) is 5.85. The highest BCUT2D eigenvalue weighted by molar-refractivity contribution is 5.94. The molecule has 4 rings (SSSR count). The lowest BCUT2D eigenvalue weighted by molar-refractivity contribution is 0.0713. The summed E-state index contributed by atoms with van der Waals surface area (Å²) < 4.78 is 29.4. The number of β-amino-alcohol motifs (C(OH)–C–C–N with tert-alkyl or cyclic N) is 1. The number of likely N-dealkylation sites (tertiary alicyclic amines) is 1. The van der Waals surface area contributed by atoms with Crippen molar-refractivity contribution in [2.45, 2.75) is 18.6 Å². The molecular weight excluding hydrogens is 328 g/mol. The van der Waals surface area contributed by atoms with E-state index in [1.165, 1.54) is 4.90 Å². The van der Waals surface area contributed by atoms with E-state index in [9.17, 15) is 18.7 Å². The highest BCUT2D eigenvalue weighted by atomic mass is 19.1. The van der Waals surface area contributed by atoms with Gasteiger partial charge in [-0.2, -0.15) is 0 Å². The van der Waals surface area contributed by atoms with Gasteiger partial charge in [-0.1, -0.05) is 0 Å². The first-order valence-corrected chi connectivity index (χ1v) is 7.88. The van der Waals surface area contributed by atoms with E-state index < -0.39 is 23.8 Å². The number of carbonyl (C=O) groups excluding carboxylic acids is 1. The summed E-state index contributed by atoms with van der Waals surface area (Å²) in [7, 11) is 0. The molecule has 0 saturated carbocycles. The normalized spacial score (nSPS) is 20.4. The summed E-state index contributed by atoms with van der Waals surface area (Å²) >= 11 is 0. The molecule has 1 aliphatic rings. The lowest BCUT2D eigenvalue weighted by Gasteiger charge is -2.25. The maximum atomic E-state index is 14.2. The van der Waals surface area contributed by atoms with Crippen LogP contribution in [0.5, 0.6) is 0 Å². The molecule has 5 nitrogen and oxygen atoms in total. The number of nitrogens with zero attached hydrogens (tertiary/aromatic N) is 3. The fraction of sp³-hybridized carbons (Fsp3) is 0.222. The van der Waals surface area contributed by atoms with Gasteiger partial charge in [-0.05, 0) is 36.8 Å². The molecule has 0 radical (unpaired) electrons. The third-order valence-corrected chi connectivity index (χ3v) is 4.51. The Bertz CT molecular complexity index is 956. The van der Waals surface area contributed by atoms with Crippen LogP contribution in [0.1, 0.15) is 28.4 Å². The minimum absolute atomic E-state index is 0.0709. The van der Waals surface area contributed by atoms with Crippen LogP contribution in [0, 0.1) is 11.6 Å². The van der Waals surface area contributed by atoms with Crippen molar-refractivity contribution in [3.8, 4) is 0 Å². The van der Waals surface area contributed by atoms with Crippen molar-refractivity contribution < 1.29 is 18.7 Å². The van der Waals surface area contributed by atoms with Crippen LogP contribution in [-0.4, -0.2) is 37.9 Å². The molecule has 1 aliphatic heterocycles. The Hall–Kier alpha value is -2.80. The van der Waals surface area contributed by atoms with E-state index in [0.29, 0.717) is 5.56 Å². The zero-order valence-electron chi connectivity index (χ0n) is 13.1. The van der Waals surface area contributed by atoms with Crippen LogP contribution in [0.3, 0.4) is 0 Å². The molecule has 1 N–H and O–H groups in total. The quantitative estimate of drug-likeness (QED) is 0.778. The number of hydrogen-bond acceptors (Lipinski definition) is 3. The van der Waals surface area contributed by atoms with Gasteiger partial charge in [0.2, 0.25) is 0 Å². The van der Waals surface area contributed by atoms with Gasteiger partial charge in [0.25, 0.3) is 5.91 Å². The summed E-state index contributed by atoms with van der Waals surface area (Å²) in [5.74, 6) is -1.52. The highest BCUT2D eigenvalue weighted by Gasteiger charge is 2.37. The second-order valence-electron chi connectivity index (χ2n) is 6.17. The number of imidazole rings is 1. The van der Waals surface area contributed by atoms with Crippen molar-refractivity contribution >= 4 is 11.4 Å². The predicted octanol–water partition coefficient (Wildman–Crippen LogP) is 2.56. The first kappa shape index (κ1) is 15.7. The Morgan fingerprint density at radius 2 is 2.08 bits per heavy atom. The monoisotopic (exact) mass is 343 g/mol. The van der Waals surface area contributed by atoms with E-state index in [1.54, 1.807) is 35.3 Å². The van der Waals surface area contributed by atoms with Crippen LogP contribution in [-0.2, 0) is 0 Å². The second-order valence-corrected chi connectivity index (χ2v) is 6.17. The number of aliphatic hydroxyl groups excluding tert-OH is 1. The first-order valence-electron chi connectivity index (χ1n) is 7.88. The Kier molecular flexibility index (Phi) is 3.73.